The summed E-state index contributed by atoms with van der Waals surface area (Å²) in [5, 5.41) is 42.2. The minimum absolute atomic E-state index is 0.285. The third-order valence-electron chi connectivity index (χ3n) is 6.35. The van der Waals surface area contributed by atoms with Crippen molar-refractivity contribution in [1.82, 2.24) is 0 Å². The van der Waals surface area contributed by atoms with Gasteiger partial charge in [-0.3, -0.25) is 0 Å². The average molecular weight is 268 g/mol. The van der Waals surface area contributed by atoms with Crippen LogP contribution in [0.4, 0.5) is 0 Å². The van der Waals surface area contributed by atoms with E-state index in [2.05, 4.69) is 6.58 Å². The normalized spacial score (nSPS) is 59.3. The lowest BCUT2D eigenvalue weighted by Crippen LogP contribution is -2.48. The monoisotopic (exact) mass is 268 g/mol. The molecule has 4 N–H and O–H groups in total. The largest absolute Gasteiger partial charge is 0.393 e. The fourth-order valence-electron chi connectivity index (χ4n) is 5.50. The Hall–Kier alpha value is -0.420. The van der Waals surface area contributed by atoms with Crippen LogP contribution in [0.5, 0.6) is 0 Å². The summed E-state index contributed by atoms with van der Waals surface area (Å²) in [6.07, 6.45) is -1.20. The van der Waals surface area contributed by atoms with Gasteiger partial charge in [-0.05, 0) is 23.8 Å². The summed E-state index contributed by atoms with van der Waals surface area (Å²) in [6.45, 7) is 9.67. The van der Waals surface area contributed by atoms with Crippen LogP contribution in [-0.2, 0) is 0 Å². The summed E-state index contributed by atoms with van der Waals surface area (Å²) in [7, 11) is 0. The molecule has 3 rings (SSSR count). The van der Waals surface area contributed by atoms with Crippen molar-refractivity contribution in [2.45, 2.75) is 57.5 Å². The van der Waals surface area contributed by atoms with E-state index in [0.29, 0.717) is 18.4 Å². The van der Waals surface area contributed by atoms with Crippen LogP contribution < -0.4 is 0 Å². The zero-order valence-electron chi connectivity index (χ0n) is 11.8. The Bertz CT molecular complexity index is 445. The summed E-state index contributed by atoms with van der Waals surface area (Å²) in [4.78, 5) is 0. The fourth-order valence-corrected chi connectivity index (χ4v) is 5.50. The molecule has 0 spiro atoms. The van der Waals surface area contributed by atoms with Crippen molar-refractivity contribution >= 4 is 0 Å². The number of hydrogen-bond donors (Lipinski definition) is 4. The number of aliphatic hydroxyl groups excluding tert-OH is 3. The van der Waals surface area contributed by atoms with E-state index < -0.39 is 34.7 Å². The molecule has 19 heavy (non-hydrogen) atoms. The van der Waals surface area contributed by atoms with Crippen LogP contribution in [0.25, 0.3) is 0 Å². The van der Waals surface area contributed by atoms with E-state index >= 15 is 0 Å². The van der Waals surface area contributed by atoms with Gasteiger partial charge in [0.2, 0.25) is 0 Å². The Labute approximate surface area is 113 Å². The second-order valence-corrected chi connectivity index (χ2v) is 7.63. The van der Waals surface area contributed by atoms with E-state index in [9.17, 15) is 20.4 Å². The zero-order chi connectivity index (χ0) is 14.4. The van der Waals surface area contributed by atoms with E-state index in [4.69, 9.17) is 0 Å². The van der Waals surface area contributed by atoms with Crippen LogP contribution in [0.3, 0.4) is 0 Å². The van der Waals surface area contributed by atoms with Crippen LogP contribution in [-0.4, -0.2) is 44.3 Å². The maximum absolute atomic E-state index is 11.2. The first kappa shape index (κ1) is 13.6. The topological polar surface area (TPSA) is 80.9 Å². The minimum Gasteiger partial charge on any atom is -0.393 e. The van der Waals surface area contributed by atoms with Crippen molar-refractivity contribution < 1.29 is 20.4 Å². The molecule has 0 aromatic rings. The molecule has 4 nitrogen and oxygen atoms in total. The molecule has 0 radical (unpaired) electrons. The molecule has 0 aliphatic heterocycles. The molecule has 0 unspecified atom stereocenters. The summed E-state index contributed by atoms with van der Waals surface area (Å²) in [6, 6.07) is 0. The van der Waals surface area contributed by atoms with Gasteiger partial charge in [0.1, 0.15) is 0 Å². The molecule has 0 heterocycles. The molecule has 108 valence electrons. The second-order valence-electron chi connectivity index (χ2n) is 7.63. The van der Waals surface area contributed by atoms with Crippen LogP contribution in [0.1, 0.15) is 33.6 Å². The van der Waals surface area contributed by atoms with Crippen LogP contribution in [0.2, 0.25) is 0 Å². The number of fused-ring (bicyclic) bond motifs is 3. The van der Waals surface area contributed by atoms with Gasteiger partial charge in [-0.25, -0.2) is 0 Å². The Morgan fingerprint density at radius 3 is 2.32 bits per heavy atom. The van der Waals surface area contributed by atoms with E-state index in [1.165, 1.54) is 0 Å². The second kappa shape index (κ2) is 3.42. The van der Waals surface area contributed by atoms with Crippen LogP contribution >= 0.6 is 0 Å². The lowest BCUT2D eigenvalue weighted by Gasteiger charge is -2.42. The molecule has 3 saturated carbocycles. The fraction of sp³-hybridized carbons (Fsp3) is 0.867. The van der Waals surface area contributed by atoms with Gasteiger partial charge in [0, 0.05) is 17.3 Å². The van der Waals surface area contributed by atoms with Gasteiger partial charge in [-0.2, -0.15) is 0 Å². The van der Waals surface area contributed by atoms with E-state index in [0.717, 1.165) is 0 Å². The smallest absolute Gasteiger partial charge is 0.0973 e. The molecule has 0 aromatic heterocycles. The van der Waals surface area contributed by atoms with Crippen molar-refractivity contribution in [2.24, 2.45) is 22.7 Å². The Kier molecular flexibility index (Phi) is 2.44. The van der Waals surface area contributed by atoms with Crippen molar-refractivity contribution in [1.29, 1.82) is 0 Å². The quantitative estimate of drug-likeness (QED) is 0.481. The maximum atomic E-state index is 11.2. The third-order valence-corrected chi connectivity index (χ3v) is 6.35. The molecule has 3 aliphatic rings. The van der Waals surface area contributed by atoms with Gasteiger partial charge in [-0.1, -0.05) is 27.4 Å². The van der Waals surface area contributed by atoms with E-state index in [1.807, 2.05) is 20.8 Å². The van der Waals surface area contributed by atoms with Gasteiger partial charge < -0.3 is 20.4 Å². The molecule has 0 amide bonds. The summed E-state index contributed by atoms with van der Waals surface area (Å²) in [5.41, 5.74) is -1.89. The van der Waals surface area contributed by atoms with Crippen LogP contribution in [0, 0.1) is 22.7 Å². The van der Waals surface area contributed by atoms with E-state index in [-0.39, 0.29) is 11.8 Å². The first-order chi connectivity index (χ1) is 8.58. The number of aliphatic hydroxyl groups is 4. The lowest BCUT2D eigenvalue weighted by molar-refractivity contribution is -0.0641. The number of rotatable bonds is 0. The Morgan fingerprint density at radius 1 is 1.16 bits per heavy atom. The molecular weight excluding hydrogens is 244 g/mol. The zero-order valence-corrected chi connectivity index (χ0v) is 11.8. The highest BCUT2D eigenvalue weighted by Gasteiger charge is 2.76. The van der Waals surface area contributed by atoms with Gasteiger partial charge in [-0.15, -0.1) is 0 Å². The molecule has 0 saturated heterocycles. The highest BCUT2D eigenvalue weighted by Crippen LogP contribution is 2.71. The van der Waals surface area contributed by atoms with Crippen molar-refractivity contribution in [3.8, 4) is 0 Å². The molecule has 0 aromatic carbocycles. The first-order valence-electron chi connectivity index (χ1n) is 7.03. The van der Waals surface area contributed by atoms with Gasteiger partial charge in [0.25, 0.3) is 0 Å². The molecule has 7 atom stereocenters. The summed E-state index contributed by atoms with van der Waals surface area (Å²) < 4.78 is 0. The highest BCUT2D eigenvalue weighted by atomic mass is 16.3. The Balaban J connectivity index is 2.18. The standard InChI is InChI=1S/C15H24O4/c1-7-9(16)5-8-11(18)14(4)6-10(17)13(2,3)12(14)15(7,8)19/h8-12,16-19H,1,5-6H2,2-4H3/t8-,9-,10+,11-,12-,14-,15+/m1/s1. The summed E-state index contributed by atoms with van der Waals surface area (Å²) in [5.74, 6) is -0.663. The van der Waals surface area contributed by atoms with Crippen molar-refractivity contribution in [3.05, 3.63) is 12.2 Å². The lowest BCUT2D eigenvalue weighted by atomic mass is 9.65. The predicted molar refractivity (Wildman–Crippen MR) is 70.2 cm³/mol. The van der Waals surface area contributed by atoms with E-state index in [1.54, 1.807) is 0 Å². The minimum atomic E-state index is -1.27. The first-order valence-corrected chi connectivity index (χ1v) is 7.03. The van der Waals surface area contributed by atoms with Crippen LogP contribution in [0.15, 0.2) is 12.2 Å². The average Bonchev–Trinajstić information content (AvgIpc) is 2.69. The van der Waals surface area contributed by atoms with Gasteiger partial charge >= 0.3 is 0 Å². The van der Waals surface area contributed by atoms with Gasteiger partial charge in [0.05, 0.1) is 23.9 Å². The molecule has 3 aliphatic carbocycles. The molecule has 0 bridgehead atoms. The molecule has 3 fully saturated rings. The predicted octanol–water partition coefficient (Wildman–Crippen LogP) is 0.442. The highest BCUT2D eigenvalue weighted by molar-refractivity contribution is 5.37. The van der Waals surface area contributed by atoms with Crippen molar-refractivity contribution in [3.63, 3.8) is 0 Å². The third kappa shape index (κ3) is 1.24. The molecule has 4 heteroatoms. The number of hydrogen-bond acceptors (Lipinski definition) is 4. The maximum Gasteiger partial charge on any atom is 0.0973 e. The molecular formula is C15H24O4. The SMILES string of the molecule is C=C1[C@H](O)C[C@@H]2[C@@H](O)[C@@]3(C)C[C@H](O)C(C)(C)[C@H]3[C@]12O. The van der Waals surface area contributed by atoms with Gasteiger partial charge in [0.15, 0.2) is 0 Å². The van der Waals surface area contributed by atoms with Crippen molar-refractivity contribution in [2.75, 3.05) is 0 Å². The Morgan fingerprint density at radius 2 is 1.74 bits per heavy atom. The summed E-state index contributed by atoms with van der Waals surface area (Å²) >= 11 is 0.